The first-order chi connectivity index (χ1) is 8.25. The van der Waals surface area contributed by atoms with E-state index in [2.05, 4.69) is 0 Å². The number of benzene rings is 1. The predicted octanol–water partition coefficient (Wildman–Crippen LogP) is 2.74. The largest absolute Gasteiger partial charge is 0.478 e. The van der Waals surface area contributed by atoms with Gasteiger partial charge in [0.25, 0.3) is 0 Å². The van der Waals surface area contributed by atoms with Gasteiger partial charge in [0.05, 0.1) is 5.56 Å². The van der Waals surface area contributed by atoms with Crippen LogP contribution in [0.1, 0.15) is 35.2 Å². The van der Waals surface area contributed by atoms with E-state index in [1.54, 1.807) is 12.1 Å². The van der Waals surface area contributed by atoms with E-state index < -0.39 is 5.97 Å². The van der Waals surface area contributed by atoms with E-state index in [4.69, 9.17) is 9.84 Å². The minimum atomic E-state index is -0.849. The van der Waals surface area contributed by atoms with Crippen molar-refractivity contribution in [3.05, 3.63) is 35.4 Å². The molecule has 17 heavy (non-hydrogen) atoms. The minimum absolute atomic E-state index is 0.384. The topological polar surface area (TPSA) is 46.5 Å². The first kappa shape index (κ1) is 12.1. The second-order valence-corrected chi connectivity index (χ2v) is 4.60. The summed E-state index contributed by atoms with van der Waals surface area (Å²) in [6.07, 6.45) is 4.37. The molecule has 92 valence electrons. The number of carboxylic acids is 1. The smallest absolute Gasteiger partial charge is 0.335 e. The molecule has 1 N–H and O–H groups in total. The van der Waals surface area contributed by atoms with Crippen LogP contribution < -0.4 is 0 Å². The monoisotopic (exact) mass is 234 g/mol. The summed E-state index contributed by atoms with van der Waals surface area (Å²) < 4.78 is 5.32. The van der Waals surface area contributed by atoms with Crippen LogP contribution in [0.25, 0.3) is 0 Å². The highest BCUT2D eigenvalue weighted by molar-refractivity contribution is 5.87. The molecule has 3 heteroatoms. The summed E-state index contributed by atoms with van der Waals surface area (Å²) in [6.45, 7) is 1.75. The molecule has 0 amide bonds. The minimum Gasteiger partial charge on any atom is -0.478 e. The predicted molar refractivity (Wildman–Crippen MR) is 65.3 cm³/mol. The van der Waals surface area contributed by atoms with E-state index in [-0.39, 0.29) is 0 Å². The number of carboxylic acid groups (broad SMARTS) is 1. The molecule has 1 aromatic rings. The van der Waals surface area contributed by atoms with Gasteiger partial charge in [-0.2, -0.15) is 0 Å². The van der Waals surface area contributed by atoms with Gasteiger partial charge in [-0.25, -0.2) is 4.79 Å². The second-order valence-electron chi connectivity index (χ2n) is 4.60. The van der Waals surface area contributed by atoms with Crippen molar-refractivity contribution >= 4 is 5.97 Å². The van der Waals surface area contributed by atoms with E-state index in [1.807, 2.05) is 12.1 Å². The lowest BCUT2D eigenvalue weighted by Crippen LogP contribution is -2.16. The van der Waals surface area contributed by atoms with Crippen molar-refractivity contribution in [1.82, 2.24) is 0 Å². The number of hydrogen-bond acceptors (Lipinski definition) is 2. The molecule has 0 bridgehead atoms. The summed E-state index contributed by atoms with van der Waals surface area (Å²) in [5.41, 5.74) is 1.51. The summed E-state index contributed by atoms with van der Waals surface area (Å²) >= 11 is 0. The van der Waals surface area contributed by atoms with Gasteiger partial charge in [0, 0.05) is 13.2 Å². The molecule has 1 heterocycles. The lowest BCUT2D eigenvalue weighted by atomic mass is 9.92. The van der Waals surface area contributed by atoms with Crippen LogP contribution in [-0.4, -0.2) is 24.3 Å². The van der Waals surface area contributed by atoms with Gasteiger partial charge in [-0.05, 0) is 49.3 Å². The van der Waals surface area contributed by atoms with Gasteiger partial charge < -0.3 is 9.84 Å². The lowest BCUT2D eigenvalue weighted by molar-refractivity contribution is 0.0640. The van der Waals surface area contributed by atoms with Crippen LogP contribution in [0.3, 0.4) is 0 Å². The van der Waals surface area contributed by atoms with Crippen molar-refractivity contribution < 1.29 is 14.6 Å². The third-order valence-electron chi connectivity index (χ3n) is 3.36. The van der Waals surface area contributed by atoms with Gasteiger partial charge in [0.2, 0.25) is 0 Å². The first-order valence-electron chi connectivity index (χ1n) is 6.15. The average Bonchev–Trinajstić information content (AvgIpc) is 2.38. The number of aromatic carboxylic acids is 1. The zero-order valence-electron chi connectivity index (χ0n) is 9.89. The Morgan fingerprint density at radius 1 is 1.35 bits per heavy atom. The van der Waals surface area contributed by atoms with Crippen molar-refractivity contribution in [3.8, 4) is 0 Å². The van der Waals surface area contributed by atoms with Crippen LogP contribution in [-0.2, 0) is 11.2 Å². The number of rotatable bonds is 4. The van der Waals surface area contributed by atoms with Gasteiger partial charge in [-0.3, -0.25) is 0 Å². The van der Waals surface area contributed by atoms with Gasteiger partial charge in [0.15, 0.2) is 0 Å². The summed E-state index contributed by atoms with van der Waals surface area (Å²) in [6, 6.07) is 7.25. The molecule has 0 aliphatic carbocycles. The maximum Gasteiger partial charge on any atom is 0.335 e. The maximum atomic E-state index is 10.8. The zero-order valence-corrected chi connectivity index (χ0v) is 9.89. The van der Waals surface area contributed by atoms with Crippen molar-refractivity contribution in [2.45, 2.75) is 25.7 Å². The molecule has 3 nitrogen and oxygen atoms in total. The molecule has 2 rings (SSSR count). The molecule has 0 spiro atoms. The summed E-state index contributed by atoms with van der Waals surface area (Å²) in [7, 11) is 0. The Bertz CT molecular complexity index is 381. The molecule has 1 aliphatic heterocycles. The third-order valence-corrected chi connectivity index (χ3v) is 3.36. The molecule has 1 aromatic carbocycles. The van der Waals surface area contributed by atoms with Crippen molar-refractivity contribution in [3.63, 3.8) is 0 Å². The highest BCUT2D eigenvalue weighted by Crippen LogP contribution is 2.21. The van der Waals surface area contributed by atoms with Crippen molar-refractivity contribution in [2.24, 2.45) is 5.92 Å². The second kappa shape index (κ2) is 5.82. The standard InChI is InChI=1S/C14H18O3/c15-14(16)13-3-1-2-12(10-13)5-4-11-6-8-17-9-7-11/h1-3,10-11H,4-9H2,(H,15,16). The fraction of sp³-hybridized carbons (Fsp3) is 0.500. The Hall–Kier alpha value is -1.35. The molecule has 0 unspecified atom stereocenters. The highest BCUT2D eigenvalue weighted by atomic mass is 16.5. The fourth-order valence-corrected chi connectivity index (χ4v) is 2.27. The normalized spacial score (nSPS) is 16.9. The molecule has 0 radical (unpaired) electrons. The summed E-state index contributed by atoms with van der Waals surface area (Å²) in [5.74, 6) is -0.116. The average molecular weight is 234 g/mol. The SMILES string of the molecule is O=C(O)c1cccc(CCC2CCOCC2)c1. The van der Waals surface area contributed by atoms with Crippen LogP contribution >= 0.6 is 0 Å². The van der Waals surface area contributed by atoms with E-state index >= 15 is 0 Å². The Kier molecular flexibility index (Phi) is 4.15. The van der Waals surface area contributed by atoms with E-state index in [0.717, 1.165) is 50.4 Å². The number of aryl methyl sites for hydroxylation is 1. The Balaban J connectivity index is 1.89. The van der Waals surface area contributed by atoms with E-state index in [1.165, 1.54) is 0 Å². The van der Waals surface area contributed by atoms with E-state index in [9.17, 15) is 4.79 Å². The van der Waals surface area contributed by atoms with E-state index in [0.29, 0.717) is 5.56 Å². The van der Waals surface area contributed by atoms with Gasteiger partial charge in [-0.1, -0.05) is 12.1 Å². The summed E-state index contributed by atoms with van der Waals surface area (Å²) in [5, 5.41) is 8.91. The lowest BCUT2D eigenvalue weighted by Gasteiger charge is -2.21. The van der Waals surface area contributed by atoms with Crippen LogP contribution in [0, 0.1) is 5.92 Å². The highest BCUT2D eigenvalue weighted by Gasteiger charge is 2.13. The molecule has 1 fully saturated rings. The first-order valence-corrected chi connectivity index (χ1v) is 6.15. The Morgan fingerprint density at radius 3 is 2.82 bits per heavy atom. The maximum absolute atomic E-state index is 10.8. The van der Waals surface area contributed by atoms with Crippen LogP contribution in [0.15, 0.2) is 24.3 Å². The Labute approximate surface area is 101 Å². The zero-order chi connectivity index (χ0) is 12.1. The van der Waals surface area contributed by atoms with Gasteiger partial charge in [-0.15, -0.1) is 0 Å². The van der Waals surface area contributed by atoms with Crippen molar-refractivity contribution in [1.29, 1.82) is 0 Å². The number of carbonyl (C=O) groups is 1. The fourth-order valence-electron chi connectivity index (χ4n) is 2.27. The molecule has 0 saturated carbocycles. The quantitative estimate of drug-likeness (QED) is 0.871. The van der Waals surface area contributed by atoms with Gasteiger partial charge in [0.1, 0.15) is 0 Å². The van der Waals surface area contributed by atoms with Crippen LogP contribution in [0.2, 0.25) is 0 Å². The molecule has 0 aromatic heterocycles. The number of ether oxygens (including phenoxy) is 1. The van der Waals surface area contributed by atoms with Crippen LogP contribution in [0.4, 0.5) is 0 Å². The van der Waals surface area contributed by atoms with Gasteiger partial charge >= 0.3 is 5.97 Å². The third kappa shape index (κ3) is 3.56. The van der Waals surface area contributed by atoms with Crippen molar-refractivity contribution in [2.75, 3.05) is 13.2 Å². The molecular formula is C14H18O3. The van der Waals surface area contributed by atoms with Crippen LogP contribution in [0.5, 0.6) is 0 Å². The molecule has 1 saturated heterocycles. The molecule has 0 atom stereocenters. The molecular weight excluding hydrogens is 216 g/mol. The number of hydrogen-bond donors (Lipinski definition) is 1. The Morgan fingerprint density at radius 2 is 2.12 bits per heavy atom. The summed E-state index contributed by atoms with van der Waals surface area (Å²) in [4.78, 5) is 10.8. The molecule has 1 aliphatic rings.